The second-order valence-electron chi connectivity index (χ2n) is 3.59. The summed E-state index contributed by atoms with van der Waals surface area (Å²) in [5.41, 5.74) is 1.30. The molecule has 0 amide bonds. The Morgan fingerprint density at radius 2 is 1.93 bits per heavy atom. The smallest absolute Gasteiger partial charge is 0.130 e. The molecule has 1 aromatic carbocycles. The lowest BCUT2D eigenvalue weighted by Crippen LogP contribution is -2.18. The number of benzene rings is 1. The zero-order valence-electron chi connectivity index (χ0n) is 9.21. The third-order valence-corrected chi connectivity index (χ3v) is 2.13. The van der Waals surface area contributed by atoms with E-state index in [0.717, 1.165) is 5.57 Å². The molecular formula is C12H15FN2. The normalized spacial score (nSPS) is 11.3. The highest BCUT2D eigenvalue weighted by Crippen LogP contribution is 2.17. The fourth-order valence-corrected chi connectivity index (χ4v) is 1.19. The van der Waals surface area contributed by atoms with E-state index in [4.69, 9.17) is 5.41 Å². The van der Waals surface area contributed by atoms with Crippen LogP contribution in [0, 0.1) is 11.2 Å². The molecule has 0 spiro atoms. The van der Waals surface area contributed by atoms with Crippen LogP contribution in [0.15, 0.2) is 30.3 Å². The van der Waals surface area contributed by atoms with Crippen molar-refractivity contribution in [2.24, 2.45) is 0 Å². The first-order chi connectivity index (χ1) is 7.02. The number of nitrogens with zero attached hydrogens (tertiary/aromatic N) is 1. The van der Waals surface area contributed by atoms with E-state index in [1.54, 1.807) is 50.2 Å². The molecule has 0 aliphatic carbocycles. The third-order valence-electron chi connectivity index (χ3n) is 2.13. The Bertz CT molecular complexity index is 394. The van der Waals surface area contributed by atoms with Gasteiger partial charge in [-0.1, -0.05) is 18.2 Å². The van der Waals surface area contributed by atoms with Crippen molar-refractivity contribution in [3.8, 4) is 0 Å². The topological polar surface area (TPSA) is 27.1 Å². The van der Waals surface area contributed by atoms with Crippen LogP contribution in [-0.2, 0) is 0 Å². The maximum absolute atomic E-state index is 13.4. The van der Waals surface area contributed by atoms with Crippen molar-refractivity contribution in [1.82, 2.24) is 4.90 Å². The Kier molecular flexibility index (Phi) is 3.61. The van der Waals surface area contributed by atoms with Crippen LogP contribution < -0.4 is 0 Å². The van der Waals surface area contributed by atoms with Crippen LogP contribution >= 0.6 is 0 Å². The molecule has 0 heterocycles. The highest BCUT2D eigenvalue weighted by Gasteiger charge is 2.03. The maximum Gasteiger partial charge on any atom is 0.130 e. The number of hydrogen-bond acceptors (Lipinski definition) is 1. The van der Waals surface area contributed by atoms with Crippen molar-refractivity contribution in [3.05, 3.63) is 41.7 Å². The predicted octanol–water partition coefficient (Wildman–Crippen LogP) is 2.77. The summed E-state index contributed by atoms with van der Waals surface area (Å²) in [4.78, 5) is 1.67. The van der Waals surface area contributed by atoms with Crippen molar-refractivity contribution < 1.29 is 4.39 Å². The van der Waals surface area contributed by atoms with Crippen LogP contribution in [0.1, 0.15) is 12.5 Å². The van der Waals surface area contributed by atoms with E-state index >= 15 is 0 Å². The number of allylic oxidation sites excluding steroid dienone is 1. The number of amidine groups is 1. The monoisotopic (exact) mass is 206 g/mol. The van der Waals surface area contributed by atoms with Gasteiger partial charge in [0.25, 0.3) is 0 Å². The van der Waals surface area contributed by atoms with Crippen LogP contribution in [0.5, 0.6) is 0 Å². The van der Waals surface area contributed by atoms with Gasteiger partial charge in [-0.25, -0.2) is 4.39 Å². The lowest BCUT2D eigenvalue weighted by Gasteiger charge is -2.11. The van der Waals surface area contributed by atoms with Crippen molar-refractivity contribution in [3.63, 3.8) is 0 Å². The minimum atomic E-state index is -0.252. The van der Waals surface area contributed by atoms with Gasteiger partial charge in [0.05, 0.1) is 0 Å². The van der Waals surface area contributed by atoms with Crippen molar-refractivity contribution >= 4 is 11.4 Å². The molecule has 0 aliphatic rings. The Hall–Kier alpha value is -1.64. The minimum absolute atomic E-state index is 0.252. The van der Waals surface area contributed by atoms with Gasteiger partial charge in [-0.3, -0.25) is 5.41 Å². The van der Waals surface area contributed by atoms with Gasteiger partial charge in [0.1, 0.15) is 11.7 Å². The Balaban J connectivity index is 2.99. The second-order valence-corrected chi connectivity index (χ2v) is 3.59. The summed E-state index contributed by atoms with van der Waals surface area (Å²) in [6.45, 7) is 1.80. The van der Waals surface area contributed by atoms with E-state index in [2.05, 4.69) is 0 Å². The van der Waals surface area contributed by atoms with Gasteiger partial charge in [-0.2, -0.15) is 0 Å². The highest BCUT2D eigenvalue weighted by atomic mass is 19.1. The molecule has 0 unspecified atom stereocenters. The lowest BCUT2D eigenvalue weighted by atomic mass is 10.1. The molecule has 1 rings (SSSR count). The molecule has 0 saturated heterocycles. The zero-order valence-corrected chi connectivity index (χ0v) is 9.21. The van der Waals surface area contributed by atoms with E-state index in [0.29, 0.717) is 11.4 Å². The Morgan fingerprint density at radius 1 is 1.33 bits per heavy atom. The summed E-state index contributed by atoms with van der Waals surface area (Å²) in [6, 6.07) is 6.58. The summed E-state index contributed by atoms with van der Waals surface area (Å²) in [7, 11) is 3.57. The molecule has 0 fully saturated rings. The van der Waals surface area contributed by atoms with Crippen LogP contribution in [0.25, 0.3) is 5.57 Å². The molecular weight excluding hydrogens is 191 g/mol. The molecule has 0 aliphatic heterocycles. The number of nitrogens with one attached hydrogen (secondary N) is 1. The standard InChI is InChI=1S/C12H15FN2/c1-9(8-12(14)15(2)3)10-6-4-5-7-11(10)13/h4-8,14H,1-3H3/b9-8+,14-12?. The number of hydrogen-bond donors (Lipinski definition) is 1. The van der Waals surface area contributed by atoms with Gasteiger partial charge in [0, 0.05) is 19.7 Å². The van der Waals surface area contributed by atoms with E-state index in [1.807, 2.05) is 0 Å². The molecule has 1 aromatic rings. The van der Waals surface area contributed by atoms with Crippen LogP contribution in [0.3, 0.4) is 0 Å². The van der Waals surface area contributed by atoms with Crippen molar-refractivity contribution in [2.45, 2.75) is 6.92 Å². The van der Waals surface area contributed by atoms with E-state index in [-0.39, 0.29) is 5.82 Å². The van der Waals surface area contributed by atoms with Crippen LogP contribution in [-0.4, -0.2) is 24.8 Å². The fraction of sp³-hybridized carbons (Fsp3) is 0.250. The zero-order chi connectivity index (χ0) is 11.4. The van der Waals surface area contributed by atoms with Gasteiger partial charge in [0.15, 0.2) is 0 Å². The second kappa shape index (κ2) is 4.73. The van der Waals surface area contributed by atoms with Gasteiger partial charge < -0.3 is 4.90 Å². The number of rotatable bonds is 2. The molecule has 0 bridgehead atoms. The van der Waals surface area contributed by atoms with E-state index in [1.165, 1.54) is 6.07 Å². The van der Waals surface area contributed by atoms with Gasteiger partial charge in [-0.05, 0) is 24.6 Å². The SMILES string of the molecule is C/C(=C\C(=N)N(C)C)c1ccccc1F. The van der Waals surface area contributed by atoms with Gasteiger partial charge in [-0.15, -0.1) is 0 Å². The largest absolute Gasteiger partial charge is 0.363 e. The lowest BCUT2D eigenvalue weighted by molar-refractivity contribution is 0.620. The molecule has 0 radical (unpaired) electrons. The van der Waals surface area contributed by atoms with Gasteiger partial charge >= 0.3 is 0 Å². The molecule has 0 aromatic heterocycles. The van der Waals surface area contributed by atoms with Crippen molar-refractivity contribution in [2.75, 3.05) is 14.1 Å². The first kappa shape index (κ1) is 11.4. The summed E-state index contributed by atoms with van der Waals surface area (Å²) >= 11 is 0. The summed E-state index contributed by atoms with van der Waals surface area (Å²) in [5, 5.41) is 7.62. The molecule has 0 saturated carbocycles. The molecule has 0 atom stereocenters. The molecule has 2 nitrogen and oxygen atoms in total. The molecule has 80 valence electrons. The Morgan fingerprint density at radius 3 is 2.47 bits per heavy atom. The van der Waals surface area contributed by atoms with Crippen LogP contribution in [0.4, 0.5) is 4.39 Å². The van der Waals surface area contributed by atoms with Gasteiger partial charge in [0.2, 0.25) is 0 Å². The first-order valence-corrected chi connectivity index (χ1v) is 4.71. The molecule has 15 heavy (non-hydrogen) atoms. The summed E-state index contributed by atoms with van der Waals surface area (Å²) in [6.07, 6.45) is 1.65. The quantitative estimate of drug-likeness (QED) is 0.584. The predicted molar refractivity (Wildman–Crippen MR) is 61.5 cm³/mol. The fourth-order valence-electron chi connectivity index (χ4n) is 1.19. The molecule has 1 N–H and O–H groups in total. The van der Waals surface area contributed by atoms with E-state index < -0.39 is 0 Å². The third kappa shape index (κ3) is 2.91. The first-order valence-electron chi connectivity index (χ1n) is 4.71. The Labute approximate surface area is 89.5 Å². The molecule has 3 heteroatoms. The minimum Gasteiger partial charge on any atom is -0.363 e. The average molecular weight is 206 g/mol. The number of halogens is 1. The average Bonchev–Trinajstić information content (AvgIpc) is 2.18. The van der Waals surface area contributed by atoms with Crippen LogP contribution in [0.2, 0.25) is 0 Å². The van der Waals surface area contributed by atoms with Crippen molar-refractivity contribution in [1.29, 1.82) is 5.41 Å². The van der Waals surface area contributed by atoms with E-state index in [9.17, 15) is 4.39 Å². The summed E-state index contributed by atoms with van der Waals surface area (Å²) in [5.74, 6) is 0.105. The highest BCUT2D eigenvalue weighted by molar-refractivity contribution is 5.96. The number of likely N-dealkylation sites (N-methyl/N-ethyl adjacent to an activating group) is 1. The summed E-state index contributed by atoms with van der Waals surface area (Å²) < 4.78 is 13.4. The maximum atomic E-state index is 13.4.